The highest BCUT2D eigenvalue weighted by Crippen LogP contribution is 2.25. The van der Waals surface area contributed by atoms with Crippen LogP contribution in [0.2, 0.25) is 0 Å². The minimum Gasteiger partial charge on any atom is -0.305 e. The van der Waals surface area contributed by atoms with Crippen LogP contribution in [0.1, 0.15) is 27.2 Å². The number of aromatic nitrogens is 2. The summed E-state index contributed by atoms with van der Waals surface area (Å²) in [7, 11) is 0. The molecular formula is C26H24N4O. The average Bonchev–Trinajstić information content (AvgIpc) is 3.22. The molecule has 0 saturated heterocycles. The van der Waals surface area contributed by atoms with Crippen molar-refractivity contribution in [1.82, 2.24) is 15.1 Å². The molecule has 5 heteroatoms. The van der Waals surface area contributed by atoms with Gasteiger partial charge in [0.1, 0.15) is 0 Å². The Balaban J connectivity index is 1.25. The van der Waals surface area contributed by atoms with E-state index in [2.05, 4.69) is 56.8 Å². The van der Waals surface area contributed by atoms with Gasteiger partial charge in [0.05, 0.1) is 5.69 Å². The lowest BCUT2D eigenvalue weighted by Crippen LogP contribution is -2.30. The number of nitrogens with zero attached hydrogens (tertiary/aromatic N) is 2. The fraction of sp³-hybridized carbons (Fsp3) is 0.154. The molecular weight excluding hydrogens is 384 g/mol. The molecule has 0 fully saturated rings. The quantitative estimate of drug-likeness (QED) is 0.494. The maximum absolute atomic E-state index is 12.8. The van der Waals surface area contributed by atoms with Crippen molar-refractivity contribution in [2.24, 2.45) is 0 Å². The van der Waals surface area contributed by atoms with Gasteiger partial charge in [-0.1, -0.05) is 72.8 Å². The minimum absolute atomic E-state index is 0.138. The first kappa shape index (κ1) is 19.3. The highest BCUT2D eigenvalue weighted by Gasteiger charge is 2.23. The molecule has 0 unspecified atom stereocenters. The highest BCUT2D eigenvalue weighted by atomic mass is 16.1. The number of aromatic amines is 1. The third-order valence-electron chi connectivity index (χ3n) is 5.75. The molecule has 1 aliphatic heterocycles. The van der Waals surface area contributed by atoms with Gasteiger partial charge in [-0.25, -0.2) is 0 Å². The fourth-order valence-corrected chi connectivity index (χ4v) is 4.08. The van der Waals surface area contributed by atoms with Crippen LogP contribution in [0.3, 0.4) is 0 Å². The minimum atomic E-state index is -0.138. The van der Waals surface area contributed by atoms with Gasteiger partial charge >= 0.3 is 0 Å². The maximum Gasteiger partial charge on any atom is 0.256 e. The summed E-state index contributed by atoms with van der Waals surface area (Å²) >= 11 is 0. The zero-order valence-electron chi connectivity index (χ0n) is 17.2. The van der Waals surface area contributed by atoms with Gasteiger partial charge in [-0.3, -0.25) is 14.8 Å². The molecule has 5 rings (SSSR count). The Morgan fingerprint density at radius 2 is 1.58 bits per heavy atom. The Morgan fingerprint density at radius 1 is 0.903 bits per heavy atom. The van der Waals surface area contributed by atoms with Crippen LogP contribution in [-0.2, 0) is 19.5 Å². The van der Waals surface area contributed by atoms with Crippen molar-refractivity contribution in [3.8, 4) is 11.1 Å². The predicted molar refractivity (Wildman–Crippen MR) is 123 cm³/mol. The Kier molecular flexibility index (Phi) is 5.33. The van der Waals surface area contributed by atoms with Crippen molar-refractivity contribution >= 4 is 11.7 Å². The second-order valence-electron chi connectivity index (χ2n) is 7.87. The molecule has 31 heavy (non-hydrogen) atoms. The van der Waals surface area contributed by atoms with Crippen LogP contribution in [0.25, 0.3) is 11.1 Å². The average molecular weight is 409 g/mol. The third-order valence-corrected chi connectivity index (χ3v) is 5.75. The summed E-state index contributed by atoms with van der Waals surface area (Å²) in [5.41, 5.74) is 6.34. The number of H-pyrrole nitrogens is 1. The summed E-state index contributed by atoms with van der Waals surface area (Å²) < 4.78 is 0. The molecule has 1 aromatic heterocycles. The third kappa shape index (κ3) is 4.27. The van der Waals surface area contributed by atoms with Crippen molar-refractivity contribution in [2.75, 3.05) is 11.9 Å². The number of amides is 1. The predicted octanol–water partition coefficient (Wildman–Crippen LogP) is 4.89. The Labute approximate surface area is 181 Å². The van der Waals surface area contributed by atoms with E-state index in [4.69, 9.17) is 0 Å². The first-order valence-electron chi connectivity index (χ1n) is 10.6. The van der Waals surface area contributed by atoms with Crippen molar-refractivity contribution in [1.29, 1.82) is 0 Å². The van der Waals surface area contributed by atoms with E-state index < -0.39 is 0 Å². The topological polar surface area (TPSA) is 61.0 Å². The van der Waals surface area contributed by atoms with Crippen molar-refractivity contribution < 1.29 is 4.79 Å². The smallest absolute Gasteiger partial charge is 0.256 e. The van der Waals surface area contributed by atoms with Gasteiger partial charge in [0.2, 0.25) is 0 Å². The number of hydrogen-bond donors (Lipinski definition) is 2. The van der Waals surface area contributed by atoms with Crippen LogP contribution in [0, 0.1) is 0 Å². The molecule has 0 spiro atoms. The summed E-state index contributed by atoms with van der Waals surface area (Å²) in [6.45, 7) is 2.66. The molecule has 5 nitrogen and oxygen atoms in total. The second kappa shape index (κ2) is 8.58. The van der Waals surface area contributed by atoms with Gasteiger partial charge in [0.15, 0.2) is 5.82 Å². The normalized spacial score (nSPS) is 13.5. The lowest BCUT2D eigenvalue weighted by molar-refractivity contribution is 0.102. The standard InChI is InChI=1S/C26H24N4O/c31-26(22-13-11-21(12-14-22)20-9-5-2-6-10-20)27-25-23-15-16-30(18-24(23)28-29-25)17-19-7-3-1-4-8-19/h1-14H,15-18H2,(H2,27,28,29,31). The molecule has 154 valence electrons. The van der Waals surface area contributed by atoms with Crippen LogP contribution >= 0.6 is 0 Å². The molecule has 0 radical (unpaired) electrons. The van der Waals surface area contributed by atoms with Crippen LogP contribution < -0.4 is 5.32 Å². The molecule has 1 aliphatic rings. The maximum atomic E-state index is 12.8. The number of nitrogens with one attached hydrogen (secondary N) is 2. The van der Waals surface area contributed by atoms with E-state index in [9.17, 15) is 4.79 Å². The Bertz CT molecular complexity index is 1170. The number of rotatable bonds is 5. The number of hydrogen-bond acceptors (Lipinski definition) is 3. The summed E-state index contributed by atoms with van der Waals surface area (Å²) in [5.74, 6) is 0.507. The van der Waals surface area contributed by atoms with E-state index in [1.54, 1.807) is 0 Å². The number of benzene rings is 3. The molecule has 2 N–H and O–H groups in total. The van der Waals surface area contributed by atoms with Crippen LogP contribution in [-0.4, -0.2) is 27.5 Å². The molecule has 3 aromatic carbocycles. The van der Waals surface area contributed by atoms with E-state index in [-0.39, 0.29) is 5.91 Å². The molecule has 0 aliphatic carbocycles. The molecule has 0 atom stereocenters. The largest absolute Gasteiger partial charge is 0.305 e. The van der Waals surface area contributed by atoms with Crippen molar-refractivity contribution in [3.05, 3.63) is 107 Å². The Hall–Kier alpha value is -3.70. The van der Waals surface area contributed by atoms with Crippen LogP contribution in [0.5, 0.6) is 0 Å². The van der Waals surface area contributed by atoms with E-state index in [0.717, 1.165) is 48.4 Å². The van der Waals surface area contributed by atoms with Gasteiger partial charge < -0.3 is 5.32 Å². The summed E-state index contributed by atoms with van der Waals surface area (Å²) in [5, 5.41) is 10.5. The van der Waals surface area contributed by atoms with E-state index in [1.165, 1.54) is 5.56 Å². The second-order valence-corrected chi connectivity index (χ2v) is 7.87. The number of fused-ring (bicyclic) bond motifs is 1. The molecule has 1 amide bonds. The van der Waals surface area contributed by atoms with Crippen LogP contribution in [0.15, 0.2) is 84.9 Å². The summed E-state index contributed by atoms with van der Waals surface area (Å²) in [6, 6.07) is 28.3. The summed E-state index contributed by atoms with van der Waals surface area (Å²) in [6.07, 6.45) is 0.862. The van der Waals surface area contributed by atoms with Crippen molar-refractivity contribution in [3.63, 3.8) is 0 Å². The molecule has 0 bridgehead atoms. The zero-order chi connectivity index (χ0) is 21.0. The van der Waals surface area contributed by atoms with Gasteiger partial charge in [-0.2, -0.15) is 5.10 Å². The first-order valence-corrected chi connectivity index (χ1v) is 10.6. The highest BCUT2D eigenvalue weighted by molar-refractivity contribution is 6.04. The Morgan fingerprint density at radius 3 is 2.32 bits per heavy atom. The van der Waals surface area contributed by atoms with E-state index >= 15 is 0 Å². The zero-order valence-corrected chi connectivity index (χ0v) is 17.2. The SMILES string of the molecule is O=C(Nc1n[nH]c2c1CCN(Cc1ccccc1)C2)c1ccc(-c2ccccc2)cc1. The lowest BCUT2D eigenvalue weighted by Gasteiger charge is -2.26. The number of carbonyl (C=O) groups is 1. The van der Waals surface area contributed by atoms with Gasteiger partial charge in [-0.05, 0) is 35.2 Å². The van der Waals surface area contributed by atoms with E-state index in [0.29, 0.717) is 11.4 Å². The van der Waals surface area contributed by atoms with Gasteiger partial charge in [0, 0.05) is 30.8 Å². The molecule has 0 saturated carbocycles. The molecule has 2 heterocycles. The van der Waals surface area contributed by atoms with Crippen LogP contribution in [0.4, 0.5) is 5.82 Å². The fourth-order valence-electron chi connectivity index (χ4n) is 4.08. The van der Waals surface area contributed by atoms with E-state index in [1.807, 2.05) is 48.5 Å². The number of anilines is 1. The van der Waals surface area contributed by atoms with Crippen molar-refractivity contribution in [2.45, 2.75) is 19.5 Å². The summed E-state index contributed by atoms with van der Waals surface area (Å²) in [4.78, 5) is 15.2. The van der Waals surface area contributed by atoms with Gasteiger partial charge in [-0.15, -0.1) is 0 Å². The lowest BCUT2D eigenvalue weighted by atomic mass is 10.0. The monoisotopic (exact) mass is 408 g/mol. The van der Waals surface area contributed by atoms with Gasteiger partial charge in [0.25, 0.3) is 5.91 Å². The first-order chi connectivity index (χ1) is 15.3. The molecule has 4 aromatic rings. The number of carbonyl (C=O) groups excluding carboxylic acids is 1.